The quantitative estimate of drug-likeness (QED) is 0.138. The molecule has 7 rings (SSSR count). The van der Waals surface area contributed by atoms with Crippen LogP contribution in [0.4, 0.5) is 0 Å². The molecule has 4 aliphatic carbocycles. The lowest BCUT2D eigenvalue weighted by Gasteiger charge is -2.61. The molecule has 14 nitrogen and oxygen atoms in total. The molecular formula is C39H66O14. The summed E-state index contributed by atoms with van der Waals surface area (Å²) in [5, 5.41) is 92.5. The molecule has 14 heteroatoms. The highest BCUT2D eigenvalue weighted by molar-refractivity contribution is 5.15. The van der Waals surface area contributed by atoms with Crippen LogP contribution in [0.2, 0.25) is 0 Å². The minimum atomic E-state index is -1.49. The third kappa shape index (κ3) is 6.96. The molecule has 0 bridgehead atoms. The first-order valence-corrected chi connectivity index (χ1v) is 20.3. The fourth-order valence-electron chi connectivity index (χ4n) is 12.7. The predicted octanol–water partition coefficient (Wildman–Crippen LogP) is 0.397. The highest BCUT2D eigenvalue weighted by Crippen LogP contribution is 2.71. The van der Waals surface area contributed by atoms with Gasteiger partial charge < -0.3 is 69.6 Å². The molecule has 3 heterocycles. The lowest BCUT2D eigenvalue weighted by atomic mass is 9.44. The summed E-state index contributed by atoms with van der Waals surface area (Å²) in [6.45, 7) is 8.25. The van der Waals surface area contributed by atoms with Crippen molar-refractivity contribution in [1.82, 2.24) is 0 Å². The Balaban J connectivity index is 0.931. The van der Waals surface area contributed by atoms with E-state index in [9.17, 15) is 46.0 Å². The Bertz CT molecular complexity index is 1260. The summed E-state index contributed by atoms with van der Waals surface area (Å²) in [5.74, 6) is 1.11. The largest absolute Gasteiger partial charge is 0.394 e. The standard InChI is InChI=1S/C39H66O14/c1-18(17-49-35-33(46)31(44)29(42)26(15-40)51-35)7-12-39(48)19(2)28-25(53-39)14-24-22-6-5-20-13-21(8-10-37(20,3)23(22)9-11-38(24,28)4)50-36-34(47)32(45)30(43)27(16-41)52-36/h18-36,40-48H,5-17H2,1-4H3/t18-,19-,20+,21-,22+,23-,24-,25-,26+,27+,28-,29+,30+,31-,32-,33+,34+,35+,36+,37-,38-,39+/m0/s1. The lowest BCUT2D eigenvalue weighted by molar-refractivity contribution is -0.316. The Morgan fingerprint density at radius 3 is 2.02 bits per heavy atom. The maximum absolute atomic E-state index is 12.0. The Morgan fingerprint density at radius 1 is 0.736 bits per heavy atom. The molecule has 0 aromatic carbocycles. The Labute approximate surface area is 312 Å². The summed E-state index contributed by atoms with van der Waals surface area (Å²) in [4.78, 5) is 0. The zero-order valence-corrected chi connectivity index (χ0v) is 31.7. The van der Waals surface area contributed by atoms with Crippen molar-refractivity contribution in [3.63, 3.8) is 0 Å². The first-order valence-electron chi connectivity index (χ1n) is 20.3. The highest BCUT2D eigenvalue weighted by Gasteiger charge is 2.68. The first-order chi connectivity index (χ1) is 25.1. The molecule has 4 saturated carbocycles. The van der Waals surface area contributed by atoms with Crippen LogP contribution in [-0.2, 0) is 23.7 Å². The predicted molar refractivity (Wildman–Crippen MR) is 186 cm³/mol. The van der Waals surface area contributed by atoms with E-state index in [2.05, 4.69) is 20.8 Å². The molecule has 0 unspecified atom stereocenters. The van der Waals surface area contributed by atoms with Gasteiger partial charge in [-0.05, 0) is 104 Å². The molecule has 306 valence electrons. The summed E-state index contributed by atoms with van der Waals surface area (Å²) in [5.41, 5.74) is 0.235. The van der Waals surface area contributed by atoms with Gasteiger partial charge in [-0.25, -0.2) is 0 Å². The molecule has 53 heavy (non-hydrogen) atoms. The van der Waals surface area contributed by atoms with Crippen molar-refractivity contribution in [2.75, 3.05) is 19.8 Å². The van der Waals surface area contributed by atoms with Gasteiger partial charge in [0, 0.05) is 12.3 Å². The van der Waals surface area contributed by atoms with Gasteiger partial charge in [0.25, 0.3) is 0 Å². The van der Waals surface area contributed by atoms with Gasteiger partial charge in [0.05, 0.1) is 32.0 Å². The average Bonchev–Trinajstić information content (AvgIpc) is 3.57. The van der Waals surface area contributed by atoms with Crippen LogP contribution in [0.15, 0.2) is 0 Å². The fourth-order valence-corrected chi connectivity index (χ4v) is 12.7. The average molecular weight is 759 g/mol. The van der Waals surface area contributed by atoms with Gasteiger partial charge in [0.1, 0.15) is 48.8 Å². The van der Waals surface area contributed by atoms with Crippen LogP contribution < -0.4 is 0 Å². The number of rotatable bonds is 10. The maximum Gasteiger partial charge on any atom is 0.186 e. The second-order valence-corrected chi connectivity index (χ2v) is 18.7. The van der Waals surface area contributed by atoms with E-state index in [-0.39, 0.29) is 47.4 Å². The molecule has 0 aromatic rings. The van der Waals surface area contributed by atoms with E-state index < -0.39 is 80.4 Å². The van der Waals surface area contributed by atoms with Gasteiger partial charge in [-0.3, -0.25) is 0 Å². The van der Waals surface area contributed by atoms with Crippen molar-refractivity contribution in [2.24, 2.45) is 52.3 Å². The summed E-state index contributed by atoms with van der Waals surface area (Å²) in [6.07, 6.45) is -3.89. The van der Waals surface area contributed by atoms with Gasteiger partial charge in [0.15, 0.2) is 18.4 Å². The third-order valence-electron chi connectivity index (χ3n) is 15.9. The van der Waals surface area contributed by atoms with E-state index >= 15 is 0 Å². The van der Waals surface area contributed by atoms with Crippen molar-refractivity contribution >= 4 is 0 Å². The molecule has 3 saturated heterocycles. The maximum atomic E-state index is 12.0. The Kier molecular flexibility index (Phi) is 11.7. The van der Waals surface area contributed by atoms with Gasteiger partial charge in [-0.15, -0.1) is 0 Å². The van der Waals surface area contributed by atoms with Crippen LogP contribution in [0.5, 0.6) is 0 Å². The number of aliphatic hydroxyl groups excluding tert-OH is 8. The summed E-state index contributed by atoms with van der Waals surface area (Å²) < 4.78 is 29.8. The first kappa shape index (κ1) is 40.6. The topological polar surface area (TPSA) is 228 Å². The second kappa shape index (κ2) is 15.3. The summed E-state index contributed by atoms with van der Waals surface area (Å²) in [7, 11) is 0. The highest BCUT2D eigenvalue weighted by atomic mass is 16.7. The number of ether oxygens (including phenoxy) is 5. The van der Waals surface area contributed by atoms with Crippen molar-refractivity contribution in [2.45, 2.75) is 171 Å². The van der Waals surface area contributed by atoms with Crippen molar-refractivity contribution in [3.05, 3.63) is 0 Å². The Hall–Kier alpha value is -0.560. The van der Waals surface area contributed by atoms with E-state index in [1.807, 2.05) is 6.92 Å². The molecule has 7 fully saturated rings. The van der Waals surface area contributed by atoms with Crippen molar-refractivity contribution in [3.8, 4) is 0 Å². The summed E-state index contributed by atoms with van der Waals surface area (Å²) >= 11 is 0. The smallest absolute Gasteiger partial charge is 0.186 e. The van der Waals surface area contributed by atoms with Gasteiger partial charge >= 0.3 is 0 Å². The molecule has 7 aliphatic rings. The number of fused-ring (bicyclic) bond motifs is 7. The molecule has 0 radical (unpaired) electrons. The van der Waals surface area contributed by atoms with Crippen LogP contribution in [-0.4, -0.2) is 145 Å². The van der Waals surface area contributed by atoms with E-state index in [0.717, 1.165) is 51.4 Å². The number of hydrogen-bond acceptors (Lipinski definition) is 14. The van der Waals surface area contributed by atoms with E-state index in [1.165, 1.54) is 0 Å². The SMILES string of the molecule is C[C@@H](CC[C@@]1(O)O[C@H]2C[C@H]3[C@@H]4CC[C@@H]5C[C@@H](O[C@@H]6O[C@H](CO)[C@@H](O)[C@H](O)[C@H]6O)CC[C@]5(C)[C@H]4CC[C@]3(C)[C@H]2[C@@H]1C)CO[C@@H]1O[C@H](CO)[C@@H](O)[C@H](O)[C@H]1O. The zero-order chi connectivity index (χ0) is 38.2. The van der Waals surface area contributed by atoms with Gasteiger partial charge in [-0.1, -0.05) is 27.7 Å². The van der Waals surface area contributed by atoms with Crippen molar-refractivity contribution in [1.29, 1.82) is 0 Å². The minimum Gasteiger partial charge on any atom is -0.394 e. The molecule has 22 atom stereocenters. The monoisotopic (exact) mass is 758 g/mol. The third-order valence-corrected chi connectivity index (χ3v) is 15.9. The molecule has 0 amide bonds. The minimum absolute atomic E-state index is 0.00220. The zero-order valence-electron chi connectivity index (χ0n) is 31.7. The molecule has 0 spiro atoms. The van der Waals surface area contributed by atoms with Crippen LogP contribution in [0.25, 0.3) is 0 Å². The van der Waals surface area contributed by atoms with E-state index in [0.29, 0.717) is 36.5 Å². The molecular weight excluding hydrogens is 692 g/mol. The number of hydrogen-bond donors (Lipinski definition) is 9. The van der Waals surface area contributed by atoms with Crippen LogP contribution in [0.1, 0.15) is 91.9 Å². The van der Waals surface area contributed by atoms with Crippen LogP contribution in [0.3, 0.4) is 0 Å². The van der Waals surface area contributed by atoms with Crippen LogP contribution >= 0.6 is 0 Å². The Morgan fingerprint density at radius 2 is 1.36 bits per heavy atom. The summed E-state index contributed by atoms with van der Waals surface area (Å²) in [6, 6.07) is 0. The van der Waals surface area contributed by atoms with Gasteiger partial charge in [-0.2, -0.15) is 0 Å². The normalized spacial score (nSPS) is 55.9. The van der Waals surface area contributed by atoms with Gasteiger partial charge in [0.2, 0.25) is 0 Å². The fraction of sp³-hybridized carbons (Fsp3) is 1.00. The van der Waals surface area contributed by atoms with E-state index in [1.54, 1.807) is 0 Å². The van der Waals surface area contributed by atoms with Crippen LogP contribution in [0, 0.1) is 52.3 Å². The number of aliphatic hydroxyl groups is 9. The molecule has 3 aliphatic heterocycles. The molecule has 9 N–H and O–H groups in total. The van der Waals surface area contributed by atoms with Crippen molar-refractivity contribution < 1.29 is 69.6 Å². The van der Waals surface area contributed by atoms with E-state index in [4.69, 9.17) is 23.7 Å². The lowest BCUT2D eigenvalue weighted by Crippen LogP contribution is -2.60. The second-order valence-electron chi connectivity index (χ2n) is 18.7. The molecule has 0 aromatic heterocycles.